The van der Waals surface area contributed by atoms with Crippen molar-refractivity contribution in [1.29, 1.82) is 0 Å². The van der Waals surface area contributed by atoms with Crippen molar-refractivity contribution < 1.29 is 13.6 Å². The molecule has 2 heterocycles. The van der Waals surface area contributed by atoms with Crippen LogP contribution < -0.4 is 5.32 Å². The van der Waals surface area contributed by atoms with Crippen molar-refractivity contribution in [3.63, 3.8) is 0 Å². The van der Waals surface area contributed by atoms with Crippen molar-refractivity contribution in [2.75, 3.05) is 11.1 Å². The highest BCUT2D eigenvalue weighted by Gasteiger charge is 2.12. The molecule has 0 radical (unpaired) electrons. The predicted octanol–water partition coefficient (Wildman–Crippen LogP) is 3.37. The number of aryl methyl sites for hydroxylation is 1. The monoisotopic (exact) mass is 350 g/mol. The fourth-order valence-corrected chi connectivity index (χ4v) is 2.97. The van der Waals surface area contributed by atoms with E-state index in [1.54, 1.807) is 12.1 Å². The van der Waals surface area contributed by atoms with Gasteiger partial charge in [0.25, 0.3) is 5.22 Å². The Labute approximate surface area is 139 Å². The molecule has 0 fully saturated rings. The van der Waals surface area contributed by atoms with E-state index in [-0.39, 0.29) is 28.6 Å². The zero-order valence-electron chi connectivity index (χ0n) is 11.9. The first kappa shape index (κ1) is 15.6. The Morgan fingerprint density at radius 1 is 1.43 bits per heavy atom. The highest BCUT2D eigenvalue weighted by Crippen LogP contribution is 2.24. The van der Waals surface area contributed by atoms with E-state index in [1.165, 1.54) is 23.5 Å². The maximum absolute atomic E-state index is 13.2. The molecule has 0 bridgehead atoms. The average molecular weight is 350 g/mol. The zero-order valence-corrected chi connectivity index (χ0v) is 13.6. The quantitative estimate of drug-likeness (QED) is 0.711. The third-order valence-corrected chi connectivity index (χ3v) is 4.36. The van der Waals surface area contributed by atoms with Gasteiger partial charge in [0, 0.05) is 10.9 Å². The van der Waals surface area contributed by atoms with Crippen LogP contribution in [0.15, 0.2) is 39.3 Å². The average Bonchev–Trinajstić information content (AvgIpc) is 3.14. The van der Waals surface area contributed by atoms with E-state index < -0.39 is 0 Å². The lowest BCUT2D eigenvalue weighted by atomic mass is 10.2. The van der Waals surface area contributed by atoms with Crippen LogP contribution in [0, 0.1) is 12.7 Å². The van der Waals surface area contributed by atoms with E-state index in [2.05, 4.69) is 20.5 Å². The van der Waals surface area contributed by atoms with Crippen LogP contribution in [0.25, 0.3) is 11.5 Å². The SMILES string of the molecule is Cc1csc(NC(=O)CSc2nnc(-c3cccc(F)c3)o2)n1. The predicted molar refractivity (Wildman–Crippen MR) is 85.9 cm³/mol. The number of benzene rings is 1. The third kappa shape index (κ3) is 4.14. The summed E-state index contributed by atoms with van der Waals surface area (Å²) >= 11 is 2.47. The summed E-state index contributed by atoms with van der Waals surface area (Å²) in [7, 11) is 0. The van der Waals surface area contributed by atoms with Gasteiger partial charge in [-0.25, -0.2) is 9.37 Å². The molecule has 23 heavy (non-hydrogen) atoms. The summed E-state index contributed by atoms with van der Waals surface area (Å²) in [6, 6.07) is 5.87. The van der Waals surface area contributed by atoms with Crippen molar-refractivity contribution in [3.8, 4) is 11.5 Å². The Bertz CT molecular complexity index is 834. The number of hydrogen-bond donors (Lipinski definition) is 1. The fraction of sp³-hybridized carbons (Fsp3) is 0.143. The van der Waals surface area contributed by atoms with Crippen molar-refractivity contribution in [1.82, 2.24) is 15.2 Å². The zero-order chi connectivity index (χ0) is 16.2. The van der Waals surface area contributed by atoms with Crippen molar-refractivity contribution >= 4 is 34.1 Å². The van der Waals surface area contributed by atoms with Crippen molar-refractivity contribution in [3.05, 3.63) is 41.2 Å². The molecule has 3 rings (SSSR count). The van der Waals surface area contributed by atoms with Gasteiger partial charge in [-0.1, -0.05) is 17.8 Å². The molecule has 2 aromatic heterocycles. The number of nitrogens with zero attached hydrogens (tertiary/aromatic N) is 3. The maximum Gasteiger partial charge on any atom is 0.277 e. The molecule has 6 nitrogen and oxygen atoms in total. The fourth-order valence-electron chi connectivity index (χ4n) is 1.70. The minimum Gasteiger partial charge on any atom is -0.411 e. The summed E-state index contributed by atoms with van der Waals surface area (Å²) in [5.41, 5.74) is 1.35. The molecule has 0 aliphatic carbocycles. The number of amides is 1. The first-order chi connectivity index (χ1) is 11.1. The molecule has 0 aliphatic rings. The molecule has 0 saturated carbocycles. The number of thiazole rings is 1. The van der Waals surface area contributed by atoms with Crippen molar-refractivity contribution in [2.24, 2.45) is 0 Å². The molecule has 1 amide bonds. The lowest BCUT2D eigenvalue weighted by Gasteiger charge is -1.98. The molecular formula is C14H11FN4O2S2. The molecular weight excluding hydrogens is 339 g/mol. The van der Waals surface area contributed by atoms with Gasteiger partial charge in [0.15, 0.2) is 5.13 Å². The number of halogens is 1. The van der Waals surface area contributed by atoms with E-state index in [4.69, 9.17) is 4.42 Å². The van der Waals surface area contributed by atoms with Gasteiger partial charge in [0.05, 0.1) is 11.4 Å². The smallest absolute Gasteiger partial charge is 0.277 e. The van der Waals surface area contributed by atoms with Gasteiger partial charge in [-0.15, -0.1) is 21.5 Å². The highest BCUT2D eigenvalue weighted by molar-refractivity contribution is 7.99. The van der Waals surface area contributed by atoms with Crippen LogP contribution in [0.5, 0.6) is 0 Å². The number of aromatic nitrogens is 3. The summed E-state index contributed by atoms with van der Waals surface area (Å²) in [5.74, 6) is -0.269. The molecule has 0 atom stereocenters. The largest absolute Gasteiger partial charge is 0.411 e. The number of rotatable bonds is 5. The lowest BCUT2D eigenvalue weighted by molar-refractivity contribution is -0.113. The normalized spacial score (nSPS) is 10.7. The molecule has 0 unspecified atom stereocenters. The van der Waals surface area contributed by atoms with Crippen LogP contribution in [-0.4, -0.2) is 26.8 Å². The van der Waals surface area contributed by atoms with Crippen LogP contribution in [0.3, 0.4) is 0 Å². The summed E-state index contributed by atoms with van der Waals surface area (Å²) in [4.78, 5) is 16.0. The number of nitrogens with one attached hydrogen (secondary N) is 1. The summed E-state index contributed by atoms with van der Waals surface area (Å²) in [6.45, 7) is 1.85. The third-order valence-electron chi connectivity index (χ3n) is 2.67. The van der Waals surface area contributed by atoms with Crippen LogP contribution in [-0.2, 0) is 4.79 Å². The summed E-state index contributed by atoms with van der Waals surface area (Å²) in [5, 5.41) is 13.0. The number of anilines is 1. The van der Waals surface area contributed by atoms with Gasteiger partial charge in [-0.3, -0.25) is 4.79 Å². The highest BCUT2D eigenvalue weighted by atomic mass is 32.2. The number of carbonyl (C=O) groups is 1. The Balaban J connectivity index is 1.58. The van der Waals surface area contributed by atoms with Crippen LogP contribution >= 0.6 is 23.1 Å². The number of hydrogen-bond acceptors (Lipinski definition) is 7. The second-order valence-corrected chi connectivity index (χ2v) is 6.30. The molecule has 9 heteroatoms. The first-order valence-corrected chi connectivity index (χ1v) is 8.41. The second kappa shape index (κ2) is 6.88. The minimum absolute atomic E-state index is 0.114. The summed E-state index contributed by atoms with van der Waals surface area (Å²) in [6.07, 6.45) is 0. The van der Waals surface area contributed by atoms with E-state index in [9.17, 15) is 9.18 Å². The minimum atomic E-state index is -0.381. The van der Waals surface area contributed by atoms with Crippen LogP contribution in [0.1, 0.15) is 5.69 Å². The van der Waals surface area contributed by atoms with Crippen LogP contribution in [0.4, 0.5) is 9.52 Å². The van der Waals surface area contributed by atoms with Crippen LogP contribution in [0.2, 0.25) is 0 Å². The molecule has 1 aromatic carbocycles. The van der Waals surface area contributed by atoms with E-state index >= 15 is 0 Å². The van der Waals surface area contributed by atoms with Gasteiger partial charge in [-0.2, -0.15) is 0 Å². The molecule has 118 valence electrons. The first-order valence-electron chi connectivity index (χ1n) is 6.54. The maximum atomic E-state index is 13.2. The van der Waals surface area contributed by atoms with Gasteiger partial charge >= 0.3 is 0 Å². The molecule has 0 saturated heterocycles. The number of thioether (sulfide) groups is 1. The Hall–Kier alpha value is -2.26. The lowest BCUT2D eigenvalue weighted by Crippen LogP contribution is -2.13. The van der Waals surface area contributed by atoms with Gasteiger partial charge in [0.2, 0.25) is 11.8 Å². The van der Waals surface area contributed by atoms with E-state index in [0.29, 0.717) is 10.7 Å². The van der Waals surface area contributed by atoms with Gasteiger partial charge in [0.1, 0.15) is 5.82 Å². The standard InChI is InChI=1S/C14H11FN4O2S2/c1-8-6-22-13(16-8)17-11(20)7-23-14-19-18-12(21-14)9-3-2-4-10(15)5-9/h2-6H,7H2,1H3,(H,16,17,20). The van der Waals surface area contributed by atoms with E-state index in [1.807, 2.05) is 12.3 Å². The topological polar surface area (TPSA) is 80.9 Å². The second-order valence-electron chi connectivity index (χ2n) is 4.51. The van der Waals surface area contributed by atoms with E-state index in [0.717, 1.165) is 17.5 Å². The Kier molecular flexibility index (Phi) is 4.68. The molecule has 0 aliphatic heterocycles. The summed E-state index contributed by atoms with van der Waals surface area (Å²) < 4.78 is 18.6. The molecule has 0 spiro atoms. The Morgan fingerprint density at radius 2 is 2.30 bits per heavy atom. The Morgan fingerprint density at radius 3 is 3.04 bits per heavy atom. The van der Waals surface area contributed by atoms with Crippen molar-refractivity contribution in [2.45, 2.75) is 12.1 Å². The number of carbonyl (C=O) groups excluding carboxylic acids is 1. The van der Waals surface area contributed by atoms with Gasteiger partial charge < -0.3 is 9.73 Å². The molecule has 1 N–H and O–H groups in total. The molecule has 3 aromatic rings. The van der Waals surface area contributed by atoms with Gasteiger partial charge in [-0.05, 0) is 25.1 Å².